The van der Waals surface area contributed by atoms with E-state index in [2.05, 4.69) is 25.5 Å². The topological polar surface area (TPSA) is 87.2 Å². The number of carbonyl (C=O) groups excluding carboxylic acids is 2. The van der Waals surface area contributed by atoms with Crippen LogP contribution in [0.2, 0.25) is 0 Å². The third-order valence-corrected chi connectivity index (χ3v) is 5.52. The third-order valence-electron chi connectivity index (χ3n) is 4.70. The minimum absolute atomic E-state index is 0.340. The molecule has 2 N–H and O–H groups in total. The van der Waals surface area contributed by atoms with Gasteiger partial charge in [0.25, 0.3) is 11.1 Å². The van der Waals surface area contributed by atoms with Gasteiger partial charge in [0, 0.05) is 24.8 Å². The van der Waals surface area contributed by atoms with E-state index in [0.29, 0.717) is 28.6 Å². The van der Waals surface area contributed by atoms with Crippen LogP contribution in [-0.2, 0) is 4.79 Å². The van der Waals surface area contributed by atoms with Crippen LogP contribution < -0.4 is 15.5 Å². The number of imide groups is 1. The normalized spacial score (nSPS) is 28.8. The Morgan fingerprint density at radius 3 is 3.04 bits per heavy atom. The molecule has 3 fully saturated rings. The quantitative estimate of drug-likeness (QED) is 0.786. The van der Waals surface area contributed by atoms with Crippen molar-refractivity contribution in [2.24, 2.45) is 0 Å². The average molecular weight is 345 g/mol. The van der Waals surface area contributed by atoms with Crippen molar-refractivity contribution in [2.75, 3.05) is 18.0 Å². The molecule has 3 aliphatic heterocycles. The Labute approximate surface area is 144 Å². The number of aromatic nitrogens is 2. The molecule has 7 nitrogen and oxygen atoms in total. The van der Waals surface area contributed by atoms with Crippen molar-refractivity contribution >= 4 is 34.9 Å². The minimum atomic E-state index is -0.361. The van der Waals surface area contributed by atoms with E-state index in [0.717, 1.165) is 37.7 Å². The highest BCUT2D eigenvalue weighted by Crippen LogP contribution is 2.29. The number of fused-ring (bicyclic) bond motifs is 1. The van der Waals surface area contributed by atoms with Gasteiger partial charge in [-0.1, -0.05) is 0 Å². The Hall–Kier alpha value is -1.93. The number of anilines is 1. The second-order valence-corrected chi connectivity index (χ2v) is 7.25. The molecule has 0 spiro atoms. The molecule has 0 radical (unpaired) electrons. The molecule has 2 amide bonds. The fourth-order valence-corrected chi connectivity index (χ4v) is 4.30. The van der Waals surface area contributed by atoms with E-state index in [4.69, 9.17) is 0 Å². The molecule has 0 aromatic carbocycles. The van der Waals surface area contributed by atoms with Crippen LogP contribution in [-0.4, -0.2) is 46.3 Å². The number of thioether (sulfide) groups is 1. The Morgan fingerprint density at radius 1 is 1.29 bits per heavy atom. The monoisotopic (exact) mass is 345 g/mol. The van der Waals surface area contributed by atoms with Crippen molar-refractivity contribution in [2.45, 2.75) is 37.8 Å². The first-order valence-electron chi connectivity index (χ1n) is 8.28. The molecule has 4 rings (SSSR count). The number of carbonyl (C=O) groups is 2. The number of hydrogen-bond donors (Lipinski definition) is 2. The van der Waals surface area contributed by atoms with E-state index in [9.17, 15) is 9.59 Å². The molecule has 4 heterocycles. The maximum Gasteiger partial charge on any atom is 0.290 e. The van der Waals surface area contributed by atoms with Crippen LogP contribution in [0.5, 0.6) is 0 Å². The smallest absolute Gasteiger partial charge is 0.290 e. The van der Waals surface area contributed by atoms with E-state index < -0.39 is 0 Å². The van der Waals surface area contributed by atoms with Crippen LogP contribution in [0.1, 0.15) is 31.4 Å². The Balaban J connectivity index is 1.59. The molecule has 0 saturated carbocycles. The van der Waals surface area contributed by atoms with Crippen LogP contribution >= 0.6 is 11.8 Å². The van der Waals surface area contributed by atoms with Crippen LogP contribution in [0.4, 0.5) is 10.7 Å². The summed E-state index contributed by atoms with van der Waals surface area (Å²) in [6.45, 7) is 2.04. The largest absolute Gasteiger partial charge is 0.336 e. The highest BCUT2D eigenvalue weighted by atomic mass is 32.2. The number of rotatable bonds is 2. The SMILES string of the molecule is O=C1NC(=O)C(=Cc2ccnc(N3CCCC4NCCCC43)n2)S1. The van der Waals surface area contributed by atoms with Crippen LogP contribution in [0, 0.1) is 0 Å². The summed E-state index contributed by atoms with van der Waals surface area (Å²) in [5, 5.41) is 5.52. The lowest BCUT2D eigenvalue weighted by molar-refractivity contribution is -0.115. The number of nitrogens with zero attached hydrogens (tertiary/aromatic N) is 3. The number of nitrogens with one attached hydrogen (secondary N) is 2. The van der Waals surface area contributed by atoms with Gasteiger partial charge in [0.2, 0.25) is 5.95 Å². The highest BCUT2D eigenvalue weighted by Gasteiger charge is 2.34. The zero-order valence-electron chi connectivity index (χ0n) is 13.2. The zero-order chi connectivity index (χ0) is 16.5. The predicted octanol–water partition coefficient (Wildman–Crippen LogP) is 1.52. The summed E-state index contributed by atoms with van der Waals surface area (Å²) in [7, 11) is 0. The number of piperidine rings is 2. The maximum absolute atomic E-state index is 11.7. The van der Waals surface area contributed by atoms with Gasteiger partial charge in [0.1, 0.15) is 0 Å². The lowest BCUT2D eigenvalue weighted by Gasteiger charge is -2.44. The van der Waals surface area contributed by atoms with Crippen molar-refractivity contribution < 1.29 is 9.59 Å². The first-order valence-corrected chi connectivity index (χ1v) is 9.10. The number of amides is 2. The van der Waals surface area contributed by atoms with Gasteiger partial charge in [0.05, 0.1) is 10.6 Å². The number of hydrogen-bond acceptors (Lipinski definition) is 7. The molecule has 8 heteroatoms. The highest BCUT2D eigenvalue weighted by molar-refractivity contribution is 8.18. The van der Waals surface area contributed by atoms with Crippen molar-refractivity contribution in [1.29, 1.82) is 0 Å². The summed E-state index contributed by atoms with van der Waals surface area (Å²) < 4.78 is 0. The fraction of sp³-hybridized carbons (Fsp3) is 0.500. The molecule has 3 aliphatic rings. The summed E-state index contributed by atoms with van der Waals surface area (Å²) in [4.78, 5) is 34.7. The van der Waals surface area contributed by atoms with E-state index in [1.807, 2.05) is 0 Å². The van der Waals surface area contributed by atoms with Crippen LogP contribution in [0.3, 0.4) is 0 Å². The molecule has 3 saturated heterocycles. The van der Waals surface area contributed by atoms with Crippen molar-refractivity contribution in [3.63, 3.8) is 0 Å². The minimum Gasteiger partial charge on any atom is -0.336 e. The molecule has 1 aromatic heterocycles. The Bertz CT molecular complexity index is 705. The molecule has 24 heavy (non-hydrogen) atoms. The first-order chi connectivity index (χ1) is 11.7. The van der Waals surface area contributed by atoms with Gasteiger partial charge >= 0.3 is 0 Å². The van der Waals surface area contributed by atoms with Gasteiger partial charge in [-0.2, -0.15) is 0 Å². The van der Waals surface area contributed by atoms with Crippen LogP contribution in [0.25, 0.3) is 6.08 Å². The molecular formula is C16H19N5O2S. The van der Waals surface area contributed by atoms with E-state index in [1.165, 1.54) is 12.8 Å². The standard InChI is InChI=1S/C16H19N5O2S/c22-14-13(24-16(23)20-14)9-10-5-7-18-15(19-10)21-8-2-3-11-12(21)4-1-6-17-11/h5,7,9,11-12,17H,1-4,6,8H2,(H,20,22,23). The van der Waals surface area contributed by atoms with Crippen molar-refractivity contribution in [3.8, 4) is 0 Å². The van der Waals surface area contributed by atoms with Gasteiger partial charge in [-0.05, 0) is 56.1 Å². The molecule has 0 aliphatic carbocycles. The zero-order valence-corrected chi connectivity index (χ0v) is 14.0. The lowest BCUT2D eigenvalue weighted by Crippen LogP contribution is -2.57. The summed E-state index contributed by atoms with van der Waals surface area (Å²) in [5.41, 5.74) is 0.651. The summed E-state index contributed by atoms with van der Waals surface area (Å²) in [5.74, 6) is 0.345. The van der Waals surface area contributed by atoms with Gasteiger partial charge in [-0.15, -0.1) is 0 Å². The van der Waals surface area contributed by atoms with E-state index in [1.54, 1.807) is 18.3 Å². The molecule has 2 atom stereocenters. The Morgan fingerprint density at radius 2 is 2.21 bits per heavy atom. The summed E-state index contributed by atoms with van der Waals surface area (Å²) in [6.07, 6.45) is 8.00. The molecule has 1 aromatic rings. The predicted molar refractivity (Wildman–Crippen MR) is 92.5 cm³/mol. The molecule has 0 bridgehead atoms. The lowest BCUT2D eigenvalue weighted by atomic mass is 9.90. The molecule has 2 unspecified atom stereocenters. The fourth-order valence-electron chi connectivity index (χ4n) is 3.64. The maximum atomic E-state index is 11.7. The van der Waals surface area contributed by atoms with Gasteiger partial charge in [-0.25, -0.2) is 9.97 Å². The van der Waals surface area contributed by atoms with Crippen molar-refractivity contribution in [1.82, 2.24) is 20.6 Å². The first kappa shape index (κ1) is 15.6. The third kappa shape index (κ3) is 3.03. The Kier molecular flexibility index (Phi) is 4.24. The summed E-state index contributed by atoms with van der Waals surface area (Å²) in [6, 6.07) is 2.70. The van der Waals surface area contributed by atoms with E-state index >= 15 is 0 Å². The van der Waals surface area contributed by atoms with Gasteiger partial charge < -0.3 is 10.2 Å². The molecule has 126 valence electrons. The van der Waals surface area contributed by atoms with Crippen molar-refractivity contribution in [3.05, 3.63) is 22.9 Å². The van der Waals surface area contributed by atoms with Crippen LogP contribution in [0.15, 0.2) is 17.2 Å². The average Bonchev–Trinajstić information content (AvgIpc) is 2.92. The summed E-state index contributed by atoms with van der Waals surface area (Å²) >= 11 is 0.906. The second kappa shape index (κ2) is 6.52. The van der Waals surface area contributed by atoms with Gasteiger partial charge in [0.15, 0.2) is 0 Å². The second-order valence-electron chi connectivity index (χ2n) is 6.24. The molecular weight excluding hydrogens is 326 g/mol. The van der Waals surface area contributed by atoms with Gasteiger partial charge in [-0.3, -0.25) is 14.9 Å². The van der Waals surface area contributed by atoms with E-state index in [-0.39, 0.29) is 11.1 Å².